The summed E-state index contributed by atoms with van der Waals surface area (Å²) < 4.78 is 0. The molecule has 0 radical (unpaired) electrons. The number of hydrogen-bond donors (Lipinski definition) is 2. The lowest BCUT2D eigenvalue weighted by molar-refractivity contribution is -0.138. The van der Waals surface area contributed by atoms with Crippen LogP contribution in [0.1, 0.15) is 30.4 Å². The van der Waals surface area contributed by atoms with E-state index in [-0.39, 0.29) is 18.2 Å². The van der Waals surface area contributed by atoms with Crippen molar-refractivity contribution in [2.75, 3.05) is 13.1 Å². The molecule has 2 rings (SSSR count). The lowest BCUT2D eigenvalue weighted by atomic mass is 9.93. The summed E-state index contributed by atoms with van der Waals surface area (Å²) in [6, 6.07) is 7.73. The van der Waals surface area contributed by atoms with Crippen LogP contribution in [0.3, 0.4) is 0 Å². The third kappa shape index (κ3) is 4.29. The average molecular weight is 290 g/mol. The number of carbonyl (C=O) groups is 2. The van der Waals surface area contributed by atoms with E-state index in [1.807, 2.05) is 29.2 Å². The second-order valence-electron chi connectivity index (χ2n) is 5.57. The van der Waals surface area contributed by atoms with E-state index in [0.717, 1.165) is 24.0 Å². The Balaban J connectivity index is 1.89. The number of rotatable bonds is 5. The third-order valence-corrected chi connectivity index (χ3v) is 4.11. The maximum Gasteiger partial charge on any atom is 0.303 e. The predicted molar refractivity (Wildman–Crippen MR) is 79.6 cm³/mol. The van der Waals surface area contributed by atoms with Crippen molar-refractivity contribution in [3.63, 3.8) is 0 Å². The van der Waals surface area contributed by atoms with Gasteiger partial charge >= 0.3 is 5.97 Å². The average Bonchev–Trinajstić information content (AvgIpc) is 2.48. The normalized spacial score (nSPS) is 16.0. The summed E-state index contributed by atoms with van der Waals surface area (Å²) in [5, 5.41) is 8.80. The Labute approximate surface area is 124 Å². The summed E-state index contributed by atoms with van der Waals surface area (Å²) in [7, 11) is 0. The van der Waals surface area contributed by atoms with Gasteiger partial charge in [-0.1, -0.05) is 24.3 Å². The van der Waals surface area contributed by atoms with Gasteiger partial charge in [0, 0.05) is 26.1 Å². The number of piperidine rings is 1. The minimum absolute atomic E-state index is 0.102. The molecule has 5 nitrogen and oxygen atoms in total. The molecule has 1 aliphatic rings. The maximum absolute atomic E-state index is 12.3. The first-order chi connectivity index (χ1) is 10.1. The van der Waals surface area contributed by atoms with Crippen LogP contribution in [-0.2, 0) is 22.6 Å². The van der Waals surface area contributed by atoms with Crippen LogP contribution in [0.5, 0.6) is 0 Å². The van der Waals surface area contributed by atoms with Gasteiger partial charge in [-0.25, -0.2) is 0 Å². The van der Waals surface area contributed by atoms with Crippen LogP contribution in [-0.4, -0.2) is 35.0 Å². The van der Waals surface area contributed by atoms with Crippen molar-refractivity contribution in [2.24, 2.45) is 11.7 Å². The summed E-state index contributed by atoms with van der Waals surface area (Å²) >= 11 is 0. The van der Waals surface area contributed by atoms with Crippen LogP contribution in [0.4, 0.5) is 0 Å². The van der Waals surface area contributed by atoms with Gasteiger partial charge < -0.3 is 15.7 Å². The lowest BCUT2D eigenvalue weighted by Crippen LogP contribution is -2.39. The van der Waals surface area contributed by atoms with Crippen LogP contribution in [0.15, 0.2) is 24.3 Å². The monoisotopic (exact) mass is 290 g/mol. The first-order valence-electron chi connectivity index (χ1n) is 7.36. The van der Waals surface area contributed by atoms with E-state index in [1.54, 1.807) is 0 Å². The summed E-state index contributed by atoms with van der Waals surface area (Å²) in [6.45, 7) is 1.74. The van der Waals surface area contributed by atoms with Crippen molar-refractivity contribution in [2.45, 2.75) is 32.2 Å². The Morgan fingerprint density at radius 2 is 1.81 bits per heavy atom. The molecule has 0 bridgehead atoms. The molecule has 5 heteroatoms. The van der Waals surface area contributed by atoms with Crippen molar-refractivity contribution in [1.82, 2.24) is 4.90 Å². The van der Waals surface area contributed by atoms with Crippen LogP contribution in [0.25, 0.3) is 0 Å². The number of carbonyl (C=O) groups excluding carboxylic acids is 1. The van der Waals surface area contributed by atoms with E-state index in [1.165, 1.54) is 0 Å². The second-order valence-corrected chi connectivity index (χ2v) is 5.57. The number of carboxylic acids is 1. The summed E-state index contributed by atoms with van der Waals surface area (Å²) in [5.41, 5.74) is 7.68. The minimum atomic E-state index is -0.753. The van der Waals surface area contributed by atoms with Crippen LogP contribution in [0.2, 0.25) is 0 Å². The van der Waals surface area contributed by atoms with Crippen molar-refractivity contribution >= 4 is 11.9 Å². The highest BCUT2D eigenvalue weighted by Crippen LogP contribution is 2.21. The van der Waals surface area contributed by atoms with Gasteiger partial charge in [0.2, 0.25) is 5.91 Å². The number of amides is 1. The van der Waals surface area contributed by atoms with Crippen molar-refractivity contribution < 1.29 is 14.7 Å². The number of likely N-dealkylation sites (tertiary alicyclic amines) is 1. The van der Waals surface area contributed by atoms with Gasteiger partial charge in [-0.15, -0.1) is 0 Å². The highest BCUT2D eigenvalue weighted by Gasteiger charge is 2.24. The van der Waals surface area contributed by atoms with Gasteiger partial charge in [0.25, 0.3) is 0 Å². The molecule has 0 unspecified atom stereocenters. The van der Waals surface area contributed by atoms with E-state index in [2.05, 4.69) is 0 Å². The van der Waals surface area contributed by atoms with E-state index < -0.39 is 5.97 Å². The van der Waals surface area contributed by atoms with Gasteiger partial charge in [-0.3, -0.25) is 9.59 Å². The molecule has 1 aliphatic heterocycles. The Hall–Kier alpha value is -1.88. The standard InChI is InChI=1S/C16H22N2O3/c17-11-14-4-2-1-3-13(14)10-15(19)18-7-5-12(6-8-18)9-16(20)21/h1-4,12H,5-11,17H2,(H,20,21). The van der Waals surface area contributed by atoms with Gasteiger partial charge in [0.05, 0.1) is 6.42 Å². The predicted octanol–water partition coefficient (Wildman–Crippen LogP) is 1.40. The van der Waals surface area contributed by atoms with Crippen molar-refractivity contribution in [3.05, 3.63) is 35.4 Å². The molecular weight excluding hydrogens is 268 g/mol. The maximum atomic E-state index is 12.3. The molecule has 1 saturated heterocycles. The molecule has 0 aromatic heterocycles. The summed E-state index contributed by atoms with van der Waals surface area (Å²) in [4.78, 5) is 24.9. The number of nitrogens with two attached hydrogens (primary N) is 1. The zero-order valence-electron chi connectivity index (χ0n) is 12.1. The molecule has 0 atom stereocenters. The Morgan fingerprint density at radius 1 is 1.19 bits per heavy atom. The second kappa shape index (κ2) is 7.22. The largest absolute Gasteiger partial charge is 0.481 e. The molecule has 1 aromatic rings. The third-order valence-electron chi connectivity index (χ3n) is 4.11. The fraction of sp³-hybridized carbons (Fsp3) is 0.500. The highest BCUT2D eigenvalue weighted by atomic mass is 16.4. The molecule has 1 heterocycles. The molecular formula is C16H22N2O3. The van der Waals surface area contributed by atoms with E-state index in [9.17, 15) is 9.59 Å². The van der Waals surface area contributed by atoms with Gasteiger partial charge in [-0.05, 0) is 29.9 Å². The van der Waals surface area contributed by atoms with E-state index >= 15 is 0 Å². The first kappa shape index (κ1) is 15.5. The van der Waals surface area contributed by atoms with E-state index in [0.29, 0.717) is 26.1 Å². The molecule has 0 aliphatic carbocycles. The molecule has 114 valence electrons. The van der Waals surface area contributed by atoms with Crippen molar-refractivity contribution in [1.29, 1.82) is 0 Å². The smallest absolute Gasteiger partial charge is 0.303 e. The number of benzene rings is 1. The number of aliphatic carboxylic acids is 1. The molecule has 1 amide bonds. The number of nitrogens with zero attached hydrogens (tertiary/aromatic N) is 1. The Kier molecular flexibility index (Phi) is 5.33. The molecule has 1 aromatic carbocycles. The number of carboxylic acid groups (broad SMARTS) is 1. The zero-order chi connectivity index (χ0) is 15.2. The first-order valence-corrected chi connectivity index (χ1v) is 7.36. The number of hydrogen-bond acceptors (Lipinski definition) is 3. The Bertz CT molecular complexity index is 508. The molecule has 0 spiro atoms. The fourth-order valence-corrected chi connectivity index (χ4v) is 2.84. The van der Waals surface area contributed by atoms with Gasteiger partial charge in [0.1, 0.15) is 0 Å². The summed E-state index contributed by atoms with van der Waals surface area (Å²) in [6.07, 6.45) is 2.13. The summed E-state index contributed by atoms with van der Waals surface area (Å²) in [5.74, 6) is -0.454. The molecule has 0 saturated carbocycles. The lowest BCUT2D eigenvalue weighted by Gasteiger charge is -2.31. The van der Waals surface area contributed by atoms with Gasteiger partial charge in [-0.2, -0.15) is 0 Å². The quantitative estimate of drug-likeness (QED) is 0.858. The zero-order valence-corrected chi connectivity index (χ0v) is 12.1. The SMILES string of the molecule is NCc1ccccc1CC(=O)N1CCC(CC(=O)O)CC1. The van der Waals surface area contributed by atoms with Crippen LogP contribution < -0.4 is 5.73 Å². The topological polar surface area (TPSA) is 83.6 Å². The minimum Gasteiger partial charge on any atom is -0.481 e. The fourth-order valence-electron chi connectivity index (χ4n) is 2.84. The molecule has 3 N–H and O–H groups in total. The van der Waals surface area contributed by atoms with Crippen LogP contribution >= 0.6 is 0 Å². The van der Waals surface area contributed by atoms with Crippen LogP contribution in [0, 0.1) is 5.92 Å². The molecule has 21 heavy (non-hydrogen) atoms. The van der Waals surface area contributed by atoms with Gasteiger partial charge in [0.15, 0.2) is 0 Å². The molecule has 1 fully saturated rings. The van der Waals surface area contributed by atoms with Crippen molar-refractivity contribution in [3.8, 4) is 0 Å². The van der Waals surface area contributed by atoms with E-state index in [4.69, 9.17) is 10.8 Å². The Morgan fingerprint density at radius 3 is 2.38 bits per heavy atom. The highest BCUT2D eigenvalue weighted by molar-refractivity contribution is 5.79.